The van der Waals surface area contributed by atoms with Gasteiger partial charge < -0.3 is 15.0 Å². The van der Waals surface area contributed by atoms with Crippen LogP contribution in [0.1, 0.15) is 33.1 Å². The summed E-state index contributed by atoms with van der Waals surface area (Å²) in [7, 11) is 0. The normalized spacial score (nSPS) is 16.2. The van der Waals surface area contributed by atoms with Crippen molar-refractivity contribution in [1.29, 1.82) is 0 Å². The van der Waals surface area contributed by atoms with Crippen molar-refractivity contribution in [2.24, 2.45) is 0 Å². The number of hydrogen-bond donors (Lipinski definition) is 1. The van der Waals surface area contributed by atoms with Crippen LogP contribution < -0.4 is 10.2 Å². The van der Waals surface area contributed by atoms with Crippen molar-refractivity contribution in [3.05, 3.63) is 45.8 Å². The van der Waals surface area contributed by atoms with Gasteiger partial charge in [-0.1, -0.05) is 0 Å². The summed E-state index contributed by atoms with van der Waals surface area (Å²) in [5.41, 5.74) is 0.620. The molecule has 1 saturated heterocycles. The summed E-state index contributed by atoms with van der Waals surface area (Å²) in [5, 5.41) is 3.08. The van der Waals surface area contributed by atoms with Crippen molar-refractivity contribution in [2.45, 2.75) is 19.9 Å². The molecule has 1 amide bonds. The molecule has 1 atom stereocenters. The Morgan fingerprint density at radius 1 is 1.35 bits per heavy atom. The van der Waals surface area contributed by atoms with E-state index in [1.807, 2.05) is 13.0 Å². The number of nitrogens with zero attached hydrogens (tertiary/aromatic N) is 2. The van der Waals surface area contributed by atoms with Crippen molar-refractivity contribution in [2.75, 3.05) is 31.2 Å². The first-order chi connectivity index (χ1) is 11.1. The summed E-state index contributed by atoms with van der Waals surface area (Å²) in [5.74, 6) is 0.654. The summed E-state index contributed by atoms with van der Waals surface area (Å²) >= 11 is 1.71. The molecule has 0 spiro atoms. The van der Waals surface area contributed by atoms with Gasteiger partial charge >= 0.3 is 0 Å². The molecule has 3 heterocycles. The van der Waals surface area contributed by atoms with Gasteiger partial charge in [-0.15, -0.1) is 11.3 Å². The average Bonchev–Trinajstić information content (AvgIpc) is 3.02. The number of carbonyl (C=O) groups excluding carboxylic acids is 1. The van der Waals surface area contributed by atoms with Crippen molar-refractivity contribution < 1.29 is 9.53 Å². The van der Waals surface area contributed by atoms with Gasteiger partial charge in [0.15, 0.2) is 0 Å². The molecule has 0 bridgehead atoms. The fourth-order valence-electron chi connectivity index (χ4n) is 2.63. The van der Waals surface area contributed by atoms with Crippen LogP contribution in [0.4, 0.5) is 5.82 Å². The first-order valence-electron chi connectivity index (χ1n) is 7.80. The molecule has 0 aliphatic carbocycles. The van der Waals surface area contributed by atoms with E-state index in [1.165, 1.54) is 4.88 Å². The van der Waals surface area contributed by atoms with E-state index < -0.39 is 0 Å². The molecule has 1 aliphatic rings. The predicted molar refractivity (Wildman–Crippen MR) is 92.2 cm³/mol. The third-order valence-corrected chi connectivity index (χ3v) is 5.06. The topological polar surface area (TPSA) is 54.5 Å². The smallest absolute Gasteiger partial charge is 0.255 e. The Labute approximate surface area is 140 Å². The molecular weight excluding hydrogens is 310 g/mol. The molecule has 6 heteroatoms. The van der Waals surface area contributed by atoms with Crippen LogP contribution in [0.5, 0.6) is 0 Å². The van der Waals surface area contributed by atoms with E-state index >= 15 is 0 Å². The standard InChI is InChI=1S/C17H21N3O2S/c1-12-5-6-15(23-12)13(2)19-17(21)14-4-3-7-18-16(14)20-8-10-22-11-9-20/h3-7,13H,8-11H2,1-2H3,(H,19,21). The molecule has 0 radical (unpaired) electrons. The Balaban J connectivity index is 1.76. The van der Waals surface area contributed by atoms with Gasteiger partial charge in [0.05, 0.1) is 24.8 Å². The van der Waals surface area contributed by atoms with Gasteiger partial charge in [0.1, 0.15) is 5.82 Å². The number of aromatic nitrogens is 1. The lowest BCUT2D eigenvalue weighted by atomic mass is 10.2. The largest absolute Gasteiger partial charge is 0.378 e. The number of carbonyl (C=O) groups is 1. The number of thiophene rings is 1. The molecule has 1 N–H and O–H groups in total. The molecule has 1 aliphatic heterocycles. The number of morpholine rings is 1. The van der Waals surface area contributed by atoms with Crippen molar-refractivity contribution in [1.82, 2.24) is 10.3 Å². The highest BCUT2D eigenvalue weighted by Crippen LogP contribution is 2.24. The van der Waals surface area contributed by atoms with Gasteiger partial charge in [0, 0.05) is 29.0 Å². The zero-order valence-corrected chi connectivity index (χ0v) is 14.2. The molecule has 5 nitrogen and oxygen atoms in total. The van der Waals surface area contributed by atoms with Crippen molar-refractivity contribution in [3.8, 4) is 0 Å². The van der Waals surface area contributed by atoms with Gasteiger partial charge in [-0.05, 0) is 38.1 Å². The van der Waals surface area contributed by atoms with Gasteiger partial charge in [0.25, 0.3) is 5.91 Å². The molecule has 1 unspecified atom stereocenters. The van der Waals surface area contributed by atoms with Crippen LogP contribution in [-0.4, -0.2) is 37.2 Å². The van der Waals surface area contributed by atoms with Crippen molar-refractivity contribution in [3.63, 3.8) is 0 Å². The second-order valence-corrected chi connectivity index (χ2v) is 6.94. The number of amides is 1. The fourth-order valence-corrected chi connectivity index (χ4v) is 3.51. The van der Waals surface area contributed by atoms with Crippen LogP contribution in [0.2, 0.25) is 0 Å². The van der Waals surface area contributed by atoms with E-state index in [-0.39, 0.29) is 11.9 Å². The number of ether oxygens (including phenoxy) is 1. The molecule has 23 heavy (non-hydrogen) atoms. The Morgan fingerprint density at radius 2 is 2.13 bits per heavy atom. The fraction of sp³-hybridized carbons (Fsp3) is 0.412. The molecule has 1 fully saturated rings. The summed E-state index contributed by atoms with van der Waals surface area (Å²) in [4.78, 5) is 21.6. The quantitative estimate of drug-likeness (QED) is 0.936. The van der Waals surface area contributed by atoms with E-state index in [0.717, 1.165) is 23.8 Å². The summed E-state index contributed by atoms with van der Waals surface area (Å²) in [6.45, 7) is 6.94. The Bertz CT molecular complexity index is 680. The Kier molecular flexibility index (Phi) is 4.93. The minimum Gasteiger partial charge on any atom is -0.378 e. The van der Waals surface area contributed by atoms with E-state index in [1.54, 1.807) is 23.6 Å². The average molecular weight is 331 g/mol. The lowest BCUT2D eigenvalue weighted by Crippen LogP contribution is -2.38. The summed E-state index contributed by atoms with van der Waals surface area (Å²) in [6.07, 6.45) is 1.73. The zero-order chi connectivity index (χ0) is 16.2. The number of pyridine rings is 1. The highest BCUT2D eigenvalue weighted by Gasteiger charge is 2.21. The highest BCUT2D eigenvalue weighted by molar-refractivity contribution is 7.12. The monoisotopic (exact) mass is 331 g/mol. The van der Waals surface area contributed by atoms with E-state index in [9.17, 15) is 4.79 Å². The number of nitrogens with one attached hydrogen (secondary N) is 1. The maximum atomic E-state index is 12.7. The number of anilines is 1. The van der Waals surface area contributed by atoms with Gasteiger partial charge in [-0.3, -0.25) is 4.79 Å². The maximum Gasteiger partial charge on any atom is 0.255 e. The van der Waals surface area contributed by atoms with Gasteiger partial charge in [-0.2, -0.15) is 0 Å². The third kappa shape index (κ3) is 3.71. The third-order valence-electron chi connectivity index (χ3n) is 3.88. The molecule has 0 saturated carbocycles. The summed E-state index contributed by atoms with van der Waals surface area (Å²) in [6, 6.07) is 7.76. The Hall–Kier alpha value is -1.92. The van der Waals surface area contributed by atoms with E-state index in [4.69, 9.17) is 4.74 Å². The maximum absolute atomic E-state index is 12.7. The van der Waals surface area contributed by atoms with Crippen LogP contribution in [0.25, 0.3) is 0 Å². The van der Waals surface area contributed by atoms with E-state index in [0.29, 0.717) is 18.8 Å². The second kappa shape index (κ2) is 7.10. The number of rotatable bonds is 4. The molecule has 2 aromatic heterocycles. The Morgan fingerprint density at radius 3 is 2.83 bits per heavy atom. The summed E-state index contributed by atoms with van der Waals surface area (Å²) < 4.78 is 5.38. The second-order valence-electron chi connectivity index (χ2n) is 5.62. The number of aryl methyl sites for hydroxylation is 1. The minimum atomic E-state index is -0.0851. The van der Waals surface area contributed by atoms with Crippen LogP contribution in [0.3, 0.4) is 0 Å². The van der Waals surface area contributed by atoms with Crippen LogP contribution in [-0.2, 0) is 4.74 Å². The van der Waals surface area contributed by atoms with Crippen molar-refractivity contribution >= 4 is 23.1 Å². The SMILES string of the molecule is Cc1ccc(C(C)NC(=O)c2cccnc2N2CCOCC2)s1. The molecule has 122 valence electrons. The molecule has 3 rings (SSSR count). The van der Waals surface area contributed by atoms with Crippen LogP contribution in [0.15, 0.2) is 30.5 Å². The lowest BCUT2D eigenvalue weighted by molar-refractivity contribution is 0.0938. The van der Waals surface area contributed by atoms with Gasteiger partial charge in [0.2, 0.25) is 0 Å². The highest BCUT2D eigenvalue weighted by atomic mass is 32.1. The van der Waals surface area contributed by atoms with Gasteiger partial charge in [-0.25, -0.2) is 4.98 Å². The first kappa shape index (κ1) is 16.0. The molecular formula is C17H21N3O2S. The number of hydrogen-bond acceptors (Lipinski definition) is 5. The minimum absolute atomic E-state index is 0.0149. The van der Waals surface area contributed by atoms with Crippen LogP contribution in [0, 0.1) is 6.92 Å². The zero-order valence-electron chi connectivity index (χ0n) is 13.4. The lowest BCUT2D eigenvalue weighted by Gasteiger charge is -2.29. The predicted octanol–water partition coefficient (Wildman–Crippen LogP) is 2.78. The molecule has 0 aromatic carbocycles. The molecule has 2 aromatic rings. The van der Waals surface area contributed by atoms with Crippen LogP contribution >= 0.6 is 11.3 Å². The van der Waals surface area contributed by atoms with E-state index in [2.05, 4.69) is 34.3 Å². The first-order valence-corrected chi connectivity index (χ1v) is 8.61.